The Hall–Kier alpha value is -3.08. The number of aromatic nitrogens is 1. The zero-order valence-corrected chi connectivity index (χ0v) is 14.4. The van der Waals surface area contributed by atoms with Gasteiger partial charge >= 0.3 is 0 Å². The predicted molar refractivity (Wildman–Crippen MR) is 98.5 cm³/mol. The van der Waals surface area contributed by atoms with Crippen LogP contribution in [0.25, 0.3) is 6.08 Å². The van der Waals surface area contributed by atoms with Gasteiger partial charge in [0.25, 0.3) is 0 Å². The molecule has 0 bridgehead atoms. The van der Waals surface area contributed by atoms with E-state index in [4.69, 9.17) is 9.47 Å². The summed E-state index contributed by atoms with van der Waals surface area (Å²) in [5.41, 5.74) is 1.78. The lowest BCUT2D eigenvalue weighted by Crippen LogP contribution is -2.26. The summed E-state index contributed by atoms with van der Waals surface area (Å²) in [6.07, 6.45) is 9.02. The van der Waals surface area contributed by atoms with Gasteiger partial charge in [0.2, 0.25) is 5.91 Å². The lowest BCUT2D eigenvalue weighted by atomic mass is 10.1. The molecule has 5 heteroatoms. The van der Waals surface area contributed by atoms with Gasteiger partial charge in [0, 0.05) is 30.1 Å². The number of rotatable bonds is 8. The molecule has 130 valence electrons. The third kappa shape index (κ3) is 5.21. The smallest absolute Gasteiger partial charge is 0.244 e. The Morgan fingerprint density at radius 1 is 1.24 bits per heavy atom. The molecule has 2 aromatic rings. The van der Waals surface area contributed by atoms with Crippen LogP contribution in [0.5, 0.6) is 11.5 Å². The molecule has 1 atom stereocenters. The minimum absolute atomic E-state index is 0.143. The molecular formula is C20H22N2O3. The van der Waals surface area contributed by atoms with Gasteiger partial charge in [-0.25, -0.2) is 0 Å². The van der Waals surface area contributed by atoms with Crippen molar-refractivity contribution in [2.75, 3.05) is 14.2 Å². The Labute approximate surface area is 148 Å². The number of hydrogen-bond donors (Lipinski definition) is 1. The number of carbonyl (C=O) groups excluding carboxylic acids is 1. The van der Waals surface area contributed by atoms with Crippen molar-refractivity contribution >= 4 is 12.0 Å². The molecule has 1 heterocycles. The number of nitrogens with zero attached hydrogens (tertiary/aromatic N) is 1. The molecule has 1 unspecified atom stereocenters. The Morgan fingerprint density at radius 2 is 2.00 bits per heavy atom. The molecule has 0 fully saturated rings. The molecular weight excluding hydrogens is 316 g/mol. The van der Waals surface area contributed by atoms with E-state index in [-0.39, 0.29) is 11.9 Å². The summed E-state index contributed by atoms with van der Waals surface area (Å²) in [6.45, 7) is 3.75. The van der Waals surface area contributed by atoms with Crippen LogP contribution >= 0.6 is 0 Å². The molecule has 0 radical (unpaired) electrons. The van der Waals surface area contributed by atoms with Gasteiger partial charge in [-0.2, -0.15) is 0 Å². The van der Waals surface area contributed by atoms with E-state index < -0.39 is 0 Å². The lowest BCUT2D eigenvalue weighted by Gasteiger charge is -2.16. The number of pyridine rings is 1. The summed E-state index contributed by atoms with van der Waals surface area (Å²) in [7, 11) is 3.17. The maximum absolute atomic E-state index is 12.3. The van der Waals surface area contributed by atoms with Gasteiger partial charge in [-0.3, -0.25) is 9.78 Å². The summed E-state index contributed by atoms with van der Waals surface area (Å²) in [4.78, 5) is 16.3. The molecule has 0 saturated carbocycles. The van der Waals surface area contributed by atoms with Crippen LogP contribution in [0.3, 0.4) is 0 Å². The van der Waals surface area contributed by atoms with E-state index in [2.05, 4.69) is 16.9 Å². The molecule has 2 rings (SSSR count). The average Bonchev–Trinajstić information content (AvgIpc) is 2.66. The number of hydrogen-bond acceptors (Lipinski definition) is 4. The first-order valence-corrected chi connectivity index (χ1v) is 7.89. The summed E-state index contributed by atoms with van der Waals surface area (Å²) < 4.78 is 10.5. The molecule has 0 aliphatic rings. The molecule has 0 saturated heterocycles. The minimum Gasteiger partial charge on any atom is -0.497 e. The van der Waals surface area contributed by atoms with Crippen molar-refractivity contribution < 1.29 is 14.3 Å². The van der Waals surface area contributed by atoms with Gasteiger partial charge in [-0.05, 0) is 42.3 Å². The molecule has 25 heavy (non-hydrogen) atoms. The first-order valence-electron chi connectivity index (χ1n) is 7.89. The maximum atomic E-state index is 12.3. The van der Waals surface area contributed by atoms with Crippen molar-refractivity contribution in [2.24, 2.45) is 0 Å². The highest BCUT2D eigenvalue weighted by atomic mass is 16.5. The summed E-state index contributed by atoms with van der Waals surface area (Å²) in [5, 5.41) is 2.97. The highest BCUT2D eigenvalue weighted by Crippen LogP contribution is 2.25. The maximum Gasteiger partial charge on any atom is 0.244 e. The van der Waals surface area contributed by atoms with Crippen LogP contribution in [-0.4, -0.2) is 25.1 Å². The second kappa shape index (κ2) is 9.27. The normalized spacial score (nSPS) is 11.8. The summed E-state index contributed by atoms with van der Waals surface area (Å²) in [5.74, 6) is 1.14. The largest absolute Gasteiger partial charge is 0.497 e. The standard InChI is InChI=1S/C20H22N2O3/c1-4-5-18(15-10-12-21-13-11-15)22-20(23)9-7-16-6-8-17(24-2)14-19(16)25-3/h4,6-14,18H,1,5H2,2-3H3,(H,22,23)/b9-7+. The highest BCUT2D eigenvalue weighted by Gasteiger charge is 2.11. The fourth-order valence-corrected chi connectivity index (χ4v) is 2.38. The van der Waals surface area contributed by atoms with Gasteiger partial charge in [-0.1, -0.05) is 6.08 Å². The van der Waals surface area contributed by atoms with Crippen LogP contribution in [0.1, 0.15) is 23.6 Å². The Bertz CT molecular complexity index is 742. The van der Waals surface area contributed by atoms with Gasteiger partial charge in [0.15, 0.2) is 0 Å². The fourth-order valence-electron chi connectivity index (χ4n) is 2.38. The minimum atomic E-state index is -0.193. The number of carbonyl (C=O) groups is 1. The third-order valence-corrected chi connectivity index (χ3v) is 3.68. The molecule has 0 aliphatic carbocycles. The topological polar surface area (TPSA) is 60.5 Å². The Kier molecular flexibility index (Phi) is 6.77. The van der Waals surface area contributed by atoms with Crippen molar-refractivity contribution in [3.63, 3.8) is 0 Å². The Morgan fingerprint density at radius 3 is 2.64 bits per heavy atom. The van der Waals surface area contributed by atoms with Crippen LogP contribution in [-0.2, 0) is 4.79 Å². The van der Waals surface area contributed by atoms with E-state index in [1.54, 1.807) is 44.8 Å². The molecule has 5 nitrogen and oxygen atoms in total. The van der Waals surface area contributed by atoms with Gasteiger partial charge in [-0.15, -0.1) is 6.58 Å². The summed E-state index contributed by atoms with van der Waals surface area (Å²) >= 11 is 0. The number of amides is 1. The molecule has 0 spiro atoms. The summed E-state index contributed by atoms with van der Waals surface area (Å²) in [6, 6.07) is 9.04. The molecule has 0 aliphatic heterocycles. The van der Waals surface area contributed by atoms with Crippen molar-refractivity contribution in [3.8, 4) is 11.5 Å². The molecule has 1 aromatic heterocycles. The van der Waals surface area contributed by atoms with E-state index >= 15 is 0 Å². The zero-order chi connectivity index (χ0) is 18.1. The number of ether oxygens (including phenoxy) is 2. The number of benzene rings is 1. The zero-order valence-electron chi connectivity index (χ0n) is 14.4. The highest BCUT2D eigenvalue weighted by molar-refractivity contribution is 5.92. The molecule has 1 N–H and O–H groups in total. The second-order valence-electron chi connectivity index (χ2n) is 5.31. The van der Waals surface area contributed by atoms with E-state index in [9.17, 15) is 4.79 Å². The Balaban J connectivity index is 2.10. The van der Waals surface area contributed by atoms with Crippen molar-refractivity contribution in [3.05, 3.63) is 72.6 Å². The van der Waals surface area contributed by atoms with Gasteiger partial charge in [0.1, 0.15) is 11.5 Å². The second-order valence-corrected chi connectivity index (χ2v) is 5.31. The van der Waals surface area contributed by atoms with E-state index in [0.717, 1.165) is 11.1 Å². The van der Waals surface area contributed by atoms with Crippen LogP contribution in [0.4, 0.5) is 0 Å². The number of methoxy groups -OCH3 is 2. The lowest BCUT2D eigenvalue weighted by molar-refractivity contribution is -0.117. The van der Waals surface area contributed by atoms with E-state index in [1.807, 2.05) is 24.3 Å². The first kappa shape index (κ1) is 18.3. The van der Waals surface area contributed by atoms with Crippen LogP contribution in [0.15, 0.2) is 61.5 Å². The van der Waals surface area contributed by atoms with Gasteiger partial charge < -0.3 is 14.8 Å². The van der Waals surface area contributed by atoms with Crippen LogP contribution < -0.4 is 14.8 Å². The predicted octanol–water partition coefficient (Wildman–Crippen LogP) is 3.55. The fraction of sp³-hybridized carbons (Fsp3) is 0.200. The first-order chi connectivity index (χ1) is 12.2. The quantitative estimate of drug-likeness (QED) is 0.591. The van der Waals surface area contributed by atoms with E-state index in [0.29, 0.717) is 17.9 Å². The van der Waals surface area contributed by atoms with Gasteiger partial charge in [0.05, 0.1) is 20.3 Å². The third-order valence-electron chi connectivity index (χ3n) is 3.68. The van der Waals surface area contributed by atoms with Crippen molar-refractivity contribution in [1.82, 2.24) is 10.3 Å². The van der Waals surface area contributed by atoms with Crippen LogP contribution in [0.2, 0.25) is 0 Å². The SMILES string of the molecule is C=CCC(NC(=O)/C=C/c1ccc(OC)cc1OC)c1ccncc1. The molecule has 1 aromatic carbocycles. The average molecular weight is 338 g/mol. The van der Waals surface area contributed by atoms with E-state index in [1.165, 1.54) is 6.08 Å². The molecule has 1 amide bonds. The monoisotopic (exact) mass is 338 g/mol. The van der Waals surface area contributed by atoms with Crippen molar-refractivity contribution in [2.45, 2.75) is 12.5 Å². The van der Waals surface area contributed by atoms with Crippen molar-refractivity contribution in [1.29, 1.82) is 0 Å². The number of nitrogens with one attached hydrogen (secondary N) is 1. The van der Waals surface area contributed by atoms with Crippen LogP contribution in [0, 0.1) is 0 Å².